The maximum atomic E-state index is 4.37. The van der Waals surface area contributed by atoms with Crippen LogP contribution in [0, 0.1) is 6.92 Å². The monoisotopic (exact) mass is 279 g/mol. The molecule has 0 radical (unpaired) electrons. The number of hydrogen-bond donors (Lipinski definition) is 1. The van der Waals surface area contributed by atoms with E-state index in [1.165, 1.54) is 35.6 Å². The van der Waals surface area contributed by atoms with Crippen molar-refractivity contribution in [1.29, 1.82) is 0 Å². The molecule has 1 fully saturated rings. The average Bonchev–Trinajstić information content (AvgIpc) is 2.41. The maximum Gasteiger partial charge on any atom is 0.0501 e. The quantitative estimate of drug-likeness (QED) is 0.896. The Labute approximate surface area is 121 Å². The van der Waals surface area contributed by atoms with E-state index < -0.39 is 0 Å². The van der Waals surface area contributed by atoms with E-state index in [0.29, 0.717) is 12.1 Å². The molecule has 1 aromatic rings. The number of thioether (sulfide) groups is 1. The van der Waals surface area contributed by atoms with Gasteiger partial charge < -0.3 is 5.32 Å². The number of aryl methyl sites for hydroxylation is 1. The molecule has 0 saturated carbocycles. The van der Waals surface area contributed by atoms with Crippen LogP contribution in [-0.2, 0) is 0 Å². The highest BCUT2D eigenvalue weighted by molar-refractivity contribution is 7.99. The van der Waals surface area contributed by atoms with Crippen molar-refractivity contribution in [3.8, 4) is 0 Å². The van der Waals surface area contributed by atoms with Crippen molar-refractivity contribution in [2.75, 3.05) is 31.6 Å². The molecule has 2 atom stereocenters. The number of hydrogen-bond acceptors (Lipinski definition) is 4. The molecule has 2 rings (SSSR count). The van der Waals surface area contributed by atoms with E-state index in [1.54, 1.807) is 0 Å². The molecule has 19 heavy (non-hydrogen) atoms. The van der Waals surface area contributed by atoms with Gasteiger partial charge in [0.25, 0.3) is 0 Å². The lowest BCUT2D eigenvalue weighted by atomic mass is 9.99. The minimum absolute atomic E-state index is 0.394. The SMILES string of the molecule is CCCNC(c1cncc(C)c1)C1CSCCN1C. The fraction of sp³-hybridized carbons (Fsp3) is 0.667. The first kappa shape index (κ1) is 14.8. The topological polar surface area (TPSA) is 28.2 Å². The lowest BCUT2D eigenvalue weighted by Gasteiger charge is -2.38. The third-order valence-electron chi connectivity index (χ3n) is 3.70. The Morgan fingerprint density at radius 1 is 1.53 bits per heavy atom. The number of pyridine rings is 1. The van der Waals surface area contributed by atoms with Gasteiger partial charge in [0.2, 0.25) is 0 Å². The molecule has 106 valence electrons. The molecule has 1 aliphatic rings. The first-order valence-electron chi connectivity index (χ1n) is 7.15. The second-order valence-electron chi connectivity index (χ2n) is 5.35. The maximum absolute atomic E-state index is 4.37. The van der Waals surface area contributed by atoms with Gasteiger partial charge in [0.05, 0.1) is 6.04 Å². The van der Waals surface area contributed by atoms with Crippen molar-refractivity contribution in [3.05, 3.63) is 29.6 Å². The van der Waals surface area contributed by atoms with Crippen molar-refractivity contribution in [2.45, 2.75) is 32.4 Å². The molecule has 2 heterocycles. The van der Waals surface area contributed by atoms with E-state index in [1.807, 2.05) is 12.4 Å². The standard InChI is InChI=1S/C15H25N3S/c1-4-5-17-15(13-8-12(2)9-16-10-13)14-11-19-7-6-18(14)3/h8-10,14-15,17H,4-7,11H2,1-3H3. The Morgan fingerprint density at radius 3 is 3.05 bits per heavy atom. The summed E-state index contributed by atoms with van der Waals surface area (Å²) in [6, 6.07) is 3.23. The van der Waals surface area contributed by atoms with Crippen LogP contribution in [0.2, 0.25) is 0 Å². The highest BCUT2D eigenvalue weighted by atomic mass is 32.2. The van der Waals surface area contributed by atoms with Crippen LogP contribution >= 0.6 is 11.8 Å². The van der Waals surface area contributed by atoms with E-state index in [0.717, 1.165) is 6.54 Å². The molecule has 0 spiro atoms. The summed E-state index contributed by atoms with van der Waals surface area (Å²) in [6.45, 7) is 6.58. The van der Waals surface area contributed by atoms with Crippen LogP contribution in [0.25, 0.3) is 0 Å². The summed E-state index contributed by atoms with van der Waals surface area (Å²) in [5, 5.41) is 3.72. The zero-order valence-corrected chi connectivity index (χ0v) is 13.0. The fourth-order valence-electron chi connectivity index (χ4n) is 2.58. The summed E-state index contributed by atoms with van der Waals surface area (Å²) in [6.07, 6.45) is 5.12. The summed E-state index contributed by atoms with van der Waals surface area (Å²) in [5.74, 6) is 2.45. The predicted octanol–water partition coefficient (Wildman–Crippen LogP) is 2.48. The van der Waals surface area contributed by atoms with Crippen molar-refractivity contribution < 1.29 is 0 Å². The van der Waals surface area contributed by atoms with E-state index in [9.17, 15) is 0 Å². The van der Waals surface area contributed by atoms with E-state index >= 15 is 0 Å². The lowest BCUT2D eigenvalue weighted by Crippen LogP contribution is -2.48. The van der Waals surface area contributed by atoms with Crippen LogP contribution in [0.1, 0.15) is 30.5 Å². The Morgan fingerprint density at radius 2 is 2.37 bits per heavy atom. The van der Waals surface area contributed by atoms with Gasteiger partial charge in [-0.15, -0.1) is 0 Å². The van der Waals surface area contributed by atoms with Crippen molar-refractivity contribution >= 4 is 11.8 Å². The highest BCUT2D eigenvalue weighted by Crippen LogP contribution is 2.26. The smallest absolute Gasteiger partial charge is 0.0501 e. The van der Waals surface area contributed by atoms with Gasteiger partial charge in [-0.2, -0.15) is 11.8 Å². The second kappa shape index (κ2) is 7.27. The van der Waals surface area contributed by atoms with Crippen LogP contribution in [0.15, 0.2) is 18.5 Å². The Balaban J connectivity index is 2.19. The number of nitrogens with one attached hydrogen (secondary N) is 1. The normalized spacial score (nSPS) is 22.4. The minimum Gasteiger partial charge on any atom is -0.309 e. The van der Waals surface area contributed by atoms with Gasteiger partial charge in [0.1, 0.15) is 0 Å². The molecule has 1 N–H and O–H groups in total. The van der Waals surface area contributed by atoms with Crippen molar-refractivity contribution in [1.82, 2.24) is 15.2 Å². The van der Waals surface area contributed by atoms with Crippen LogP contribution in [0.5, 0.6) is 0 Å². The summed E-state index contributed by atoms with van der Waals surface area (Å²) in [7, 11) is 2.24. The van der Waals surface area contributed by atoms with Gasteiger partial charge in [-0.05, 0) is 38.1 Å². The molecule has 0 amide bonds. The van der Waals surface area contributed by atoms with Crippen molar-refractivity contribution in [2.24, 2.45) is 0 Å². The van der Waals surface area contributed by atoms with Gasteiger partial charge in [0, 0.05) is 36.5 Å². The van der Waals surface area contributed by atoms with Gasteiger partial charge >= 0.3 is 0 Å². The fourth-order valence-corrected chi connectivity index (χ4v) is 3.85. The van der Waals surface area contributed by atoms with E-state index in [2.05, 4.69) is 53.9 Å². The number of nitrogens with zero attached hydrogens (tertiary/aromatic N) is 2. The predicted molar refractivity (Wildman–Crippen MR) is 83.8 cm³/mol. The number of aromatic nitrogens is 1. The van der Waals surface area contributed by atoms with Crippen molar-refractivity contribution in [3.63, 3.8) is 0 Å². The van der Waals surface area contributed by atoms with Crippen LogP contribution in [0.4, 0.5) is 0 Å². The molecular weight excluding hydrogens is 254 g/mol. The molecular formula is C15H25N3S. The molecule has 0 aliphatic carbocycles. The Bertz CT molecular complexity index is 397. The van der Waals surface area contributed by atoms with Crippen LogP contribution in [0.3, 0.4) is 0 Å². The third kappa shape index (κ3) is 3.94. The third-order valence-corrected chi connectivity index (χ3v) is 4.75. The lowest BCUT2D eigenvalue weighted by molar-refractivity contribution is 0.215. The highest BCUT2D eigenvalue weighted by Gasteiger charge is 2.28. The Kier molecular flexibility index (Phi) is 5.67. The second-order valence-corrected chi connectivity index (χ2v) is 6.50. The summed E-state index contributed by atoms with van der Waals surface area (Å²) in [5.41, 5.74) is 2.57. The van der Waals surface area contributed by atoms with Gasteiger partial charge in [-0.25, -0.2) is 0 Å². The molecule has 1 aromatic heterocycles. The van der Waals surface area contributed by atoms with Crippen LogP contribution in [-0.4, -0.2) is 47.6 Å². The summed E-state index contributed by atoms with van der Waals surface area (Å²) < 4.78 is 0. The first-order chi connectivity index (χ1) is 9.22. The van der Waals surface area contributed by atoms with E-state index in [4.69, 9.17) is 0 Å². The Hall–Kier alpha value is -0.580. The molecule has 2 unspecified atom stereocenters. The summed E-state index contributed by atoms with van der Waals surface area (Å²) >= 11 is 2.07. The zero-order valence-electron chi connectivity index (χ0n) is 12.2. The molecule has 1 saturated heterocycles. The molecule has 1 aliphatic heterocycles. The molecule has 0 aromatic carbocycles. The molecule has 0 bridgehead atoms. The van der Waals surface area contributed by atoms with Gasteiger partial charge in [-0.3, -0.25) is 9.88 Å². The molecule has 3 nitrogen and oxygen atoms in total. The van der Waals surface area contributed by atoms with E-state index in [-0.39, 0.29) is 0 Å². The minimum atomic E-state index is 0.394. The zero-order chi connectivity index (χ0) is 13.7. The number of likely N-dealkylation sites (N-methyl/N-ethyl adjacent to an activating group) is 1. The first-order valence-corrected chi connectivity index (χ1v) is 8.30. The van der Waals surface area contributed by atoms with Gasteiger partial charge in [-0.1, -0.05) is 13.0 Å². The summed E-state index contributed by atoms with van der Waals surface area (Å²) in [4.78, 5) is 6.86. The number of rotatable bonds is 5. The van der Waals surface area contributed by atoms with Gasteiger partial charge in [0.15, 0.2) is 0 Å². The van der Waals surface area contributed by atoms with Crippen LogP contribution < -0.4 is 5.32 Å². The largest absolute Gasteiger partial charge is 0.309 e. The average molecular weight is 279 g/mol. The molecule has 4 heteroatoms.